The molecule has 0 heterocycles. The zero-order valence-corrected chi connectivity index (χ0v) is 9.29. The van der Waals surface area contributed by atoms with Crippen LogP contribution < -0.4 is 5.73 Å². The zero-order chi connectivity index (χ0) is 10.7. The summed E-state index contributed by atoms with van der Waals surface area (Å²) in [5.74, 6) is -1.47. The molecule has 2 nitrogen and oxygen atoms in total. The Bertz CT molecular complexity index is 313. The van der Waals surface area contributed by atoms with Crippen LogP contribution in [0.5, 0.6) is 0 Å². The van der Waals surface area contributed by atoms with Crippen molar-refractivity contribution < 1.29 is 13.9 Å². The molecule has 0 spiro atoms. The molecule has 6 heteroatoms. The molecule has 1 rings (SSSR count). The van der Waals surface area contributed by atoms with E-state index in [-0.39, 0.29) is 36.0 Å². The van der Waals surface area contributed by atoms with E-state index in [0.717, 1.165) is 12.1 Å². The smallest absolute Gasteiger partial charge is 0.130 e. The summed E-state index contributed by atoms with van der Waals surface area (Å²) in [6.07, 6.45) is -0.0503. The van der Waals surface area contributed by atoms with E-state index in [9.17, 15) is 8.78 Å². The van der Waals surface area contributed by atoms with E-state index in [2.05, 4.69) is 0 Å². The fourth-order valence-corrected chi connectivity index (χ4v) is 1.29. The molecule has 1 atom stereocenters. The van der Waals surface area contributed by atoms with Crippen LogP contribution in [-0.4, -0.2) is 17.8 Å². The van der Waals surface area contributed by atoms with Gasteiger partial charge in [0.25, 0.3) is 0 Å². The van der Waals surface area contributed by atoms with Crippen molar-refractivity contribution in [2.24, 2.45) is 5.73 Å². The van der Waals surface area contributed by atoms with Crippen molar-refractivity contribution in [3.63, 3.8) is 0 Å². The Morgan fingerprint density at radius 1 is 1.33 bits per heavy atom. The Morgan fingerprint density at radius 2 is 1.80 bits per heavy atom. The summed E-state index contributed by atoms with van der Waals surface area (Å²) in [4.78, 5) is 0. The van der Waals surface area contributed by atoms with E-state index < -0.39 is 17.7 Å². The van der Waals surface area contributed by atoms with Gasteiger partial charge < -0.3 is 10.8 Å². The van der Waals surface area contributed by atoms with Gasteiger partial charge in [-0.2, -0.15) is 0 Å². The molecule has 0 saturated carbocycles. The number of benzene rings is 1. The normalized spacial score (nSPS) is 12.1. The predicted molar refractivity (Wildman–Crippen MR) is 57.4 cm³/mol. The van der Waals surface area contributed by atoms with Gasteiger partial charge in [-0.3, -0.25) is 0 Å². The minimum atomic E-state index is -0.737. The summed E-state index contributed by atoms with van der Waals surface area (Å²) in [6.45, 7) is -0.318. The van der Waals surface area contributed by atoms with Gasteiger partial charge in [0.05, 0.1) is 6.61 Å². The SMILES string of the molecule is Cl.NC(CO)Cc1c(F)cc(Cl)cc1F. The fourth-order valence-electron chi connectivity index (χ4n) is 1.09. The quantitative estimate of drug-likeness (QED) is 0.869. The second-order valence-corrected chi connectivity index (χ2v) is 3.43. The molecular formula is C9H11Cl2F2NO. The molecule has 15 heavy (non-hydrogen) atoms. The van der Waals surface area contributed by atoms with Crippen LogP contribution in [0.15, 0.2) is 12.1 Å². The van der Waals surface area contributed by atoms with Crippen molar-refractivity contribution in [2.75, 3.05) is 6.61 Å². The first-order valence-electron chi connectivity index (χ1n) is 4.04. The highest BCUT2D eigenvalue weighted by atomic mass is 35.5. The number of aliphatic hydroxyl groups excluding tert-OH is 1. The van der Waals surface area contributed by atoms with Crippen LogP contribution in [0.1, 0.15) is 5.56 Å². The van der Waals surface area contributed by atoms with E-state index in [1.165, 1.54) is 0 Å². The van der Waals surface area contributed by atoms with Gasteiger partial charge in [-0.25, -0.2) is 8.78 Å². The highest BCUT2D eigenvalue weighted by Gasteiger charge is 2.13. The number of nitrogens with two attached hydrogens (primary N) is 1. The molecule has 0 aromatic heterocycles. The molecule has 0 aliphatic rings. The largest absolute Gasteiger partial charge is 0.395 e. The third-order valence-corrected chi connectivity index (χ3v) is 2.02. The van der Waals surface area contributed by atoms with Gasteiger partial charge in [0.15, 0.2) is 0 Å². The van der Waals surface area contributed by atoms with Crippen molar-refractivity contribution in [1.82, 2.24) is 0 Å². The topological polar surface area (TPSA) is 46.2 Å². The molecular weight excluding hydrogens is 247 g/mol. The van der Waals surface area contributed by atoms with E-state index in [1.54, 1.807) is 0 Å². The average molecular weight is 258 g/mol. The van der Waals surface area contributed by atoms with Crippen molar-refractivity contribution in [1.29, 1.82) is 0 Å². The van der Waals surface area contributed by atoms with E-state index in [0.29, 0.717) is 0 Å². The maximum absolute atomic E-state index is 13.1. The summed E-state index contributed by atoms with van der Waals surface area (Å²) in [5.41, 5.74) is 5.22. The highest BCUT2D eigenvalue weighted by molar-refractivity contribution is 6.30. The highest BCUT2D eigenvalue weighted by Crippen LogP contribution is 2.19. The minimum Gasteiger partial charge on any atom is -0.395 e. The Kier molecular flexibility index (Phi) is 6.05. The summed E-state index contributed by atoms with van der Waals surface area (Å²) < 4.78 is 26.3. The number of aliphatic hydroxyl groups is 1. The van der Waals surface area contributed by atoms with Crippen LogP contribution >= 0.6 is 24.0 Å². The fraction of sp³-hybridized carbons (Fsp3) is 0.333. The second-order valence-electron chi connectivity index (χ2n) is 2.99. The summed E-state index contributed by atoms with van der Waals surface area (Å²) in [7, 11) is 0. The maximum atomic E-state index is 13.1. The van der Waals surface area contributed by atoms with Crippen molar-refractivity contribution in [3.05, 3.63) is 34.4 Å². The van der Waals surface area contributed by atoms with E-state index in [4.69, 9.17) is 22.4 Å². The van der Waals surface area contributed by atoms with Crippen molar-refractivity contribution >= 4 is 24.0 Å². The first-order chi connectivity index (χ1) is 6.54. The lowest BCUT2D eigenvalue weighted by Gasteiger charge is -2.10. The Morgan fingerprint density at radius 3 is 2.20 bits per heavy atom. The molecule has 0 amide bonds. The van der Waals surface area contributed by atoms with E-state index in [1.807, 2.05) is 0 Å². The molecule has 1 aromatic carbocycles. The summed E-state index contributed by atoms with van der Waals surface area (Å²) >= 11 is 5.43. The second kappa shape index (κ2) is 6.23. The van der Waals surface area contributed by atoms with Crippen LogP contribution in [-0.2, 0) is 6.42 Å². The molecule has 3 N–H and O–H groups in total. The standard InChI is InChI=1S/C9H10ClF2NO.ClH/c10-5-1-8(11)7(9(12)2-5)3-6(13)4-14;/h1-2,6,14H,3-4,13H2;1H. The maximum Gasteiger partial charge on any atom is 0.130 e. The lowest BCUT2D eigenvalue weighted by atomic mass is 10.1. The lowest BCUT2D eigenvalue weighted by molar-refractivity contribution is 0.263. The minimum absolute atomic E-state index is 0. The molecule has 0 bridgehead atoms. The van der Waals surface area contributed by atoms with Gasteiger partial charge in [-0.05, 0) is 18.6 Å². The third-order valence-electron chi connectivity index (χ3n) is 1.81. The molecule has 0 radical (unpaired) electrons. The molecule has 1 aromatic rings. The van der Waals surface area contributed by atoms with Gasteiger partial charge in [0.2, 0.25) is 0 Å². The van der Waals surface area contributed by atoms with Crippen LogP contribution in [0.25, 0.3) is 0 Å². The number of rotatable bonds is 3. The third kappa shape index (κ3) is 3.91. The Balaban J connectivity index is 0.00000196. The lowest BCUT2D eigenvalue weighted by Crippen LogP contribution is -2.27. The Hall–Kier alpha value is -0.420. The monoisotopic (exact) mass is 257 g/mol. The first kappa shape index (κ1) is 14.6. The summed E-state index contributed by atoms with van der Waals surface area (Å²) in [5, 5.41) is 8.64. The molecule has 0 fully saturated rings. The van der Waals surface area contributed by atoms with Crippen molar-refractivity contribution in [3.8, 4) is 0 Å². The van der Waals surface area contributed by atoms with Crippen LogP contribution in [0.3, 0.4) is 0 Å². The zero-order valence-electron chi connectivity index (χ0n) is 7.71. The average Bonchev–Trinajstić information content (AvgIpc) is 2.10. The number of halogens is 4. The predicted octanol–water partition coefficient (Wildman–Crippen LogP) is 1.90. The molecule has 1 unspecified atom stereocenters. The summed E-state index contributed by atoms with van der Waals surface area (Å²) in [6, 6.07) is 1.37. The van der Waals surface area contributed by atoms with Gasteiger partial charge in [-0.1, -0.05) is 11.6 Å². The van der Waals surface area contributed by atoms with E-state index >= 15 is 0 Å². The molecule has 86 valence electrons. The number of hydrogen-bond acceptors (Lipinski definition) is 2. The van der Waals surface area contributed by atoms with Crippen molar-refractivity contribution in [2.45, 2.75) is 12.5 Å². The van der Waals surface area contributed by atoms with Crippen LogP contribution in [0, 0.1) is 11.6 Å². The molecule has 0 aliphatic heterocycles. The Labute approximate surface area is 97.4 Å². The molecule has 0 saturated heterocycles. The van der Waals surface area contributed by atoms with Crippen LogP contribution in [0.2, 0.25) is 5.02 Å². The van der Waals surface area contributed by atoms with Gasteiger partial charge in [0, 0.05) is 16.6 Å². The van der Waals surface area contributed by atoms with Gasteiger partial charge in [0.1, 0.15) is 11.6 Å². The number of hydrogen-bond donors (Lipinski definition) is 2. The molecule has 0 aliphatic carbocycles. The first-order valence-corrected chi connectivity index (χ1v) is 4.42. The van der Waals surface area contributed by atoms with Gasteiger partial charge >= 0.3 is 0 Å². The van der Waals surface area contributed by atoms with Gasteiger partial charge in [-0.15, -0.1) is 12.4 Å². The van der Waals surface area contributed by atoms with Crippen LogP contribution in [0.4, 0.5) is 8.78 Å².